The van der Waals surface area contributed by atoms with Gasteiger partial charge < -0.3 is 11.1 Å². The number of hydrogen-bond acceptors (Lipinski definition) is 4. The van der Waals surface area contributed by atoms with Crippen molar-refractivity contribution in [2.75, 3.05) is 5.73 Å². The molecule has 1 aliphatic rings. The van der Waals surface area contributed by atoms with Gasteiger partial charge in [-0.05, 0) is 31.9 Å². The number of thiophene rings is 1. The third kappa shape index (κ3) is 2.68. The zero-order chi connectivity index (χ0) is 16.0. The number of anilines is 1. The number of aromatic nitrogens is 1. The number of fused-ring (bicyclic) bond motifs is 1. The van der Waals surface area contributed by atoms with Crippen LogP contribution in [0.15, 0.2) is 36.4 Å². The summed E-state index contributed by atoms with van der Waals surface area (Å²) in [5.41, 5.74) is 9.86. The Kier molecular flexibility index (Phi) is 3.31. The van der Waals surface area contributed by atoms with Crippen LogP contribution in [-0.2, 0) is 0 Å². The van der Waals surface area contributed by atoms with Crippen LogP contribution >= 0.6 is 11.3 Å². The summed E-state index contributed by atoms with van der Waals surface area (Å²) in [6.07, 6.45) is 2.12. The van der Waals surface area contributed by atoms with E-state index in [1.807, 2.05) is 12.1 Å². The molecular weight excluding hydrogens is 306 g/mol. The first-order valence-electron chi connectivity index (χ1n) is 7.69. The summed E-state index contributed by atoms with van der Waals surface area (Å²) in [5.74, 6) is -0.0788. The van der Waals surface area contributed by atoms with E-state index in [9.17, 15) is 4.79 Å². The zero-order valence-electron chi connectivity index (χ0n) is 12.8. The molecule has 3 aromatic rings. The minimum Gasteiger partial charge on any atom is -0.397 e. The van der Waals surface area contributed by atoms with Gasteiger partial charge in [0.25, 0.3) is 5.91 Å². The van der Waals surface area contributed by atoms with Crippen molar-refractivity contribution >= 4 is 33.1 Å². The summed E-state index contributed by atoms with van der Waals surface area (Å²) in [6.45, 7) is 2.06. The molecular formula is C18H17N3OS. The summed E-state index contributed by atoms with van der Waals surface area (Å²) in [7, 11) is 0. The van der Waals surface area contributed by atoms with E-state index in [0.717, 1.165) is 34.3 Å². The Morgan fingerprint density at radius 3 is 2.65 bits per heavy atom. The summed E-state index contributed by atoms with van der Waals surface area (Å²) in [6, 6.07) is 12.5. The molecule has 3 N–H and O–H groups in total. The predicted octanol–water partition coefficient (Wildman–Crippen LogP) is 3.75. The van der Waals surface area contributed by atoms with Crippen molar-refractivity contribution in [1.82, 2.24) is 10.3 Å². The Bertz CT molecular complexity index is 895. The van der Waals surface area contributed by atoms with E-state index >= 15 is 0 Å². The Morgan fingerprint density at radius 2 is 1.96 bits per heavy atom. The van der Waals surface area contributed by atoms with Crippen molar-refractivity contribution < 1.29 is 4.79 Å². The fraction of sp³-hybridized carbons (Fsp3) is 0.222. The quantitative estimate of drug-likeness (QED) is 0.771. The van der Waals surface area contributed by atoms with Crippen molar-refractivity contribution in [1.29, 1.82) is 0 Å². The number of nitrogens with one attached hydrogen (secondary N) is 1. The highest BCUT2D eigenvalue weighted by atomic mass is 32.1. The fourth-order valence-electron chi connectivity index (χ4n) is 2.53. The van der Waals surface area contributed by atoms with Crippen molar-refractivity contribution in [3.8, 4) is 11.3 Å². The van der Waals surface area contributed by atoms with Gasteiger partial charge >= 0.3 is 0 Å². The number of amides is 1. The van der Waals surface area contributed by atoms with Crippen LogP contribution in [0.2, 0.25) is 0 Å². The monoisotopic (exact) mass is 323 g/mol. The van der Waals surface area contributed by atoms with Crippen molar-refractivity contribution in [3.05, 3.63) is 46.8 Å². The third-order valence-corrected chi connectivity index (χ3v) is 5.17. The van der Waals surface area contributed by atoms with E-state index in [-0.39, 0.29) is 5.91 Å². The molecule has 4 rings (SSSR count). The van der Waals surface area contributed by atoms with Gasteiger partial charge in [-0.1, -0.05) is 29.8 Å². The number of carbonyl (C=O) groups is 1. The molecule has 0 saturated heterocycles. The maximum Gasteiger partial charge on any atom is 0.263 e. The molecule has 116 valence electrons. The molecule has 0 bridgehead atoms. The number of rotatable bonds is 3. The highest BCUT2D eigenvalue weighted by Crippen LogP contribution is 2.34. The van der Waals surface area contributed by atoms with Gasteiger partial charge in [-0.15, -0.1) is 11.3 Å². The Labute approximate surface area is 138 Å². The smallest absolute Gasteiger partial charge is 0.263 e. The van der Waals surface area contributed by atoms with E-state index < -0.39 is 0 Å². The highest BCUT2D eigenvalue weighted by Gasteiger charge is 2.26. The Balaban J connectivity index is 1.73. The zero-order valence-corrected chi connectivity index (χ0v) is 13.6. The number of nitrogens with zero attached hydrogens (tertiary/aromatic N) is 1. The first kappa shape index (κ1) is 14.2. The largest absolute Gasteiger partial charge is 0.397 e. The van der Waals surface area contributed by atoms with Crippen molar-refractivity contribution in [2.45, 2.75) is 25.8 Å². The van der Waals surface area contributed by atoms with Crippen LogP contribution in [0.5, 0.6) is 0 Å². The molecule has 0 spiro atoms. The number of carbonyl (C=O) groups excluding carboxylic acids is 1. The van der Waals surface area contributed by atoms with Crippen molar-refractivity contribution in [2.24, 2.45) is 0 Å². The molecule has 1 saturated carbocycles. The first-order chi connectivity index (χ1) is 11.1. The predicted molar refractivity (Wildman–Crippen MR) is 94.7 cm³/mol. The van der Waals surface area contributed by atoms with Gasteiger partial charge in [-0.2, -0.15) is 0 Å². The normalized spacial score (nSPS) is 14.1. The fourth-order valence-corrected chi connectivity index (χ4v) is 3.53. The van der Waals surface area contributed by atoms with Gasteiger partial charge in [-0.25, -0.2) is 4.98 Å². The lowest BCUT2D eigenvalue weighted by molar-refractivity contribution is 0.0956. The standard InChI is InChI=1S/C18H17N3OS/c1-10-2-4-11(5-3-10)14-9-8-13-15(19)16(23-18(13)21-14)17(22)20-12-6-7-12/h2-5,8-9,12H,6-7,19H2,1H3,(H,20,22). The molecule has 0 atom stereocenters. The summed E-state index contributed by atoms with van der Waals surface area (Å²) >= 11 is 1.37. The number of pyridine rings is 1. The van der Waals surface area contributed by atoms with Crippen LogP contribution in [0.25, 0.3) is 21.5 Å². The molecule has 2 heterocycles. The maximum atomic E-state index is 12.3. The molecule has 0 radical (unpaired) electrons. The average Bonchev–Trinajstić information content (AvgIpc) is 3.30. The van der Waals surface area contributed by atoms with Gasteiger partial charge in [0.2, 0.25) is 0 Å². The molecule has 4 nitrogen and oxygen atoms in total. The topological polar surface area (TPSA) is 68.0 Å². The minimum absolute atomic E-state index is 0.0788. The summed E-state index contributed by atoms with van der Waals surface area (Å²) < 4.78 is 0. The molecule has 1 aromatic carbocycles. The second kappa shape index (κ2) is 5.35. The molecule has 1 amide bonds. The van der Waals surface area contributed by atoms with Crippen molar-refractivity contribution in [3.63, 3.8) is 0 Å². The molecule has 23 heavy (non-hydrogen) atoms. The lowest BCUT2D eigenvalue weighted by Gasteiger charge is -2.02. The second-order valence-corrected chi connectivity index (χ2v) is 7.01. The molecule has 2 aromatic heterocycles. The summed E-state index contributed by atoms with van der Waals surface area (Å²) in [4.78, 5) is 18.3. The van der Waals surface area contributed by atoms with Crippen LogP contribution in [-0.4, -0.2) is 16.9 Å². The first-order valence-corrected chi connectivity index (χ1v) is 8.50. The SMILES string of the molecule is Cc1ccc(-c2ccc3c(N)c(C(=O)NC4CC4)sc3n2)cc1. The number of nitrogen functional groups attached to an aromatic ring is 1. The second-order valence-electron chi connectivity index (χ2n) is 6.01. The average molecular weight is 323 g/mol. The third-order valence-electron chi connectivity index (χ3n) is 4.06. The van der Waals surface area contributed by atoms with Crippen LogP contribution in [0, 0.1) is 6.92 Å². The van der Waals surface area contributed by atoms with Crippen LogP contribution < -0.4 is 11.1 Å². The molecule has 0 unspecified atom stereocenters. The number of nitrogens with two attached hydrogens (primary N) is 1. The van der Waals surface area contributed by atoms with Gasteiger partial charge in [0.15, 0.2) is 0 Å². The van der Waals surface area contributed by atoms with E-state index in [1.54, 1.807) is 0 Å². The van der Waals surface area contributed by atoms with Gasteiger partial charge in [0.05, 0.1) is 11.4 Å². The molecule has 1 fully saturated rings. The van der Waals surface area contributed by atoms with Gasteiger partial charge in [-0.3, -0.25) is 4.79 Å². The van der Waals surface area contributed by atoms with E-state index in [1.165, 1.54) is 16.9 Å². The molecule has 0 aliphatic heterocycles. The summed E-state index contributed by atoms with van der Waals surface area (Å²) in [5, 5.41) is 3.84. The lowest BCUT2D eigenvalue weighted by atomic mass is 10.1. The lowest BCUT2D eigenvalue weighted by Crippen LogP contribution is -2.25. The van der Waals surface area contributed by atoms with E-state index in [2.05, 4.69) is 36.5 Å². The maximum absolute atomic E-state index is 12.3. The van der Waals surface area contributed by atoms with E-state index in [0.29, 0.717) is 16.6 Å². The van der Waals surface area contributed by atoms with Crippen LogP contribution in [0.1, 0.15) is 28.1 Å². The molecule has 1 aliphatic carbocycles. The Hall–Kier alpha value is -2.40. The number of hydrogen-bond donors (Lipinski definition) is 2. The highest BCUT2D eigenvalue weighted by molar-refractivity contribution is 7.21. The molecule has 5 heteroatoms. The van der Waals surface area contributed by atoms with E-state index in [4.69, 9.17) is 10.7 Å². The number of benzene rings is 1. The van der Waals surface area contributed by atoms with Crippen LogP contribution in [0.4, 0.5) is 5.69 Å². The number of aryl methyl sites for hydroxylation is 1. The van der Waals surface area contributed by atoms with Gasteiger partial charge in [0.1, 0.15) is 9.71 Å². The van der Waals surface area contributed by atoms with Crippen LogP contribution in [0.3, 0.4) is 0 Å². The van der Waals surface area contributed by atoms with Gasteiger partial charge in [0, 0.05) is 17.0 Å². The minimum atomic E-state index is -0.0788. The Morgan fingerprint density at radius 1 is 1.22 bits per heavy atom.